The minimum absolute atomic E-state index is 0.143. The highest BCUT2D eigenvalue weighted by Crippen LogP contribution is 2.17. The first kappa shape index (κ1) is 13.2. The number of rotatable bonds is 4. The van der Waals surface area contributed by atoms with E-state index in [0.717, 1.165) is 19.4 Å². The molecule has 1 amide bonds. The van der Waals surface area contributed by atoms with Crippen LogP contribution in [0.5, 0.6) is 0 Å². The summed E-state index contributed by atoms with van der Waals surface area (Å²) in [5, 5.41) is 14.9. The lowest BCUT2D eigenvalue weighted by molar-refractivity contribution is 0.0136. The van der Waals surface area contributed by atoms with Crippen molar-refractivity contribution in [2.75, 3.05) is 18.5 Å². The van der Waals surface area contributed by atoms with Gasteiger partial charge in [-0.25, -0.2) is 0 Å². The van der Waals surface area contributed by atoms with Gasteiger partial charge in [0.1, 0.15) is 0 Å². The van der Waals surface area contributed by atoms with E-state index in [4.69, 9.17) is 4.74 Å². The van der Waals surface area contributed by atoms with Crippen molar-refractivity contribution in [3.05, 3.63) is 5.01 Å². The van der Waals surface area contributed by atoms with Gasteiger partial charge in [0.2, 0.25) is 10.1 Å². The van der Waals surface area contributed by atoms with E-state index in [1.807, 2.05) is 13.8 Å². The first-order valence-electron chi connectivity index (χ1n) is 6.19. The Morgan fingerprint density at radius 2 is 2.39 bits per heavy atom. The Labute approximate surface area is 110 Å². The topological polar surface area (TPSA) is 76.1 Å². The SMILES string of the molecule is CCNc1nnc(C(=O)NC2CCOC(C)C2)s1. The van der Waals surface area contributed by atoms with E-state index in [9.17, 15) is 4.79 Å². The molecule has 1 fully saturated rings. The summed E-state index contributed by atoms with van der Waals surface area (Å²) in [5.41, 5.74) is 0. The molecule has 0 spiro atoms. The summed E-state index contributed by atoms with van der Waals surface area (Å²) in [6.45, 7) is 5.47. The molecule has 2 rings (SSSR count). The zero-order chi connectivity index (χ0) is 13.0. The van der Waals surface area contributed by atoms with Crippen LogP contribution in [0.15, 0.2) is 0 Å². The molecule has 0 saturated carbocycles. The molecule has 2 heterocycles. The lowest BCUT2D eigenvalue weighted by Gasteiger charge is -2.27. The van der Waals surface area contributed by atoms with Crippen molar-refractivity contribution < 1.29 is 9.53 Å². The van der Waals surface area contributed by atoms with Gasteiger partial charge in [-0.2, -0.15) is 0 Å². The summed E-state index contributed by atoms with van der Waals surface area (Å²) < 4.78 is 5.44. The summed E-state index contributed by atoms with van der Waals surface area (Å²) in [6.07, 6.45) is 1.91. The maximum absolute atomic E-state index is 12.0. The van der Waals surface area contributed by atoms with Gasteiger partial charge in [0, 0.05) is 19.2 Å². The largest absolute Gasteiger partial charge is 0.378 e. The molecule has 7 heteroatoms. The summed E-state index contributed by atoms with van der Waals surface area (Å²) in [4.78, 5) is 12.0. The van der Waals surface area contributed by atoms with E-state index in [2.05, 4.69) is 20.8 Å². The number of hydrogen-bond acceptors (Lipinski definition) is 6. The van der Waals surface area contributed by atoms with Crippen LogP contribution in [0, 0.1) is 0 Å². The van der Waals surface area contributed by atoms with Crippen LogP contribution in [0.1, 0.15) is 36.5 Å². The van der Waals surface area contributed by atoms with Gasteiger partial charge < -0.3 is 15.4 Å². The number of anilines is 1. The third-order valence-electron chi connectivity index (χ3n) is 2.77. The van der Waals surface area contributed by atoms with E-state index >= 15 is 0 Å². The summed E-state index contributed by atoms with van der Waals surface area (Å²) in [6, 6.07) is 0.174. The molecule has 0 aromatic carbocycles. The third-order valence-corrected chi connectivity index (χ3v) is 3.65. The molecule has 18 heavy (non-hydrogen) atoms. The molecule has 1 aromatic rings. The molecule has 1 saturated heterocycles. The normalized spacial score (nSPS) is 23.7. The number of aromatic nitrogens is 2. The minimum atomic E-state index is -0.143. The van der Waals surface area contributed by atoms with Crippen LogP contribution < -0.4 is 10.6 Å². The second-order valence-electron chi connectivity index (χ2n) is 4.32. The van der Waals surface area contributed by atoms with E-state index in [1.165, 1.54) is 11.3 Å². The number of amides is 1. The Hall–Kier alpha value is -1.21. The van der Waals surface area contributed by atoms with E-state index in [0.29, 0.717) is 16.7 Å². The van der Waals surface area contributed by atoms with E-state index in [1.54, 1.807) is 0 Å². The molecule has 1 aliphatic rings. The average molecular weight is 270 g/mol. The van der Waals surface area contributed by atoms with Gasteiger partial charge in [-0.3, -0.25) is 4.79 Å². The van der Waals surface area contributed by atoms with E-state index < -0.39 is 0 Å². The number of carbonyl (C=O) groups is 1. The average Bonchev–Trinajstić information content (AvgIpc) is 2.78. The molecule has 1 aliphatic heterocycles. The number of carbonyl (C=O) groups excluding carboxylic acids is 1. The maximum Gasteiger partial charge on any atom is 0.282 e. The van der Waals surface area contributed by atoms with Gasteiger partial charge in [-0.1, -0.05) is 11.3 Å². The monoisotopic (exact) mass is 270 g/mol. The molecule has 0 aliphatic carbocycles. The standard InChI is InChI=1S/C11H18N4O2S/c1-3-12-11-15-14-10(18-11)9(16)13-8-4-5-17-7(2)6-8/h7-8H,3-6H2,1-2H3,(H,12,15)(H,13,16). The first-order chi connectivity index (χ1) is 8.69. The Morgan fingerprint density at radius 1 is 1.56 bits per heavy atom. The molecule has 2 atom stereocenters. The highest BCUT2D eigenvalue weighted by Gasteiger charge is 2.22. The lowest BCUT2D eigenvalue weighted by atomic mass is 10.0. The lowest BCUT2D eigenvalue weighted by Crippen LogP contribution is -2.41. The second kappa shape index (κ2) is 6.10. The highest BCUT2D eigenvalue weighted by molar-refractivity contribution is 7.17. The zero-order valence-electron chi connectivity index (χ0n) is 10.6. The molecular formula is C11H18N4O2S. The van der Waals surface area contributed by atoms with Crippen molar-refractivity contribution in [2.45, 2.75) is 38.8 Å². The maximum atomic E-state index is 12.0. The predicted octanol–water partition coefficient (Wildman–Crippen LogP) is 1.27. The van der Waals surface area contributed by atoms with Gasteiger partial charge in [-0.15, -0.1) is 10.2 Å². The molecular weight excluding hydrogens is 252 g/mol. The molecule has 6 nitrogen and oxygen atoms in total. The van der Waals surface area contributed by atoms with Crippen LogP contribution in [0.3, 0.4) is 0 Å². The summed E-state index contributed by atoms with van der Waals surface area (Å²) in [5.74, 6) is -0.143. The molecule has 2 N–H and O–H groups in total. The zero-order valence-corrected chi connectivity index (χ0v) is 11.4. The fourth-order valence-electron chi connectivity index (χ4n) is 1.91. The van der Waals surface area contributed by atoms with Crippen LogP contribution in [0.25, 0.3) is 0 Å². The van der Waals surface area contributed by atoms with Crippen LogP contribution in [-0.4, -0.2) is 41.4 Å². The van der Waals surface area contributed by atoms with Crippen molar-refractivity contribution >= 4 is 22.4 Å². The van der Waals surface area contributed by atoms with Crippen molar-refractivity contribution in [3.8, 4) is 0 Å². The Balaban J connectivity index is 1.90. The summed E-state index contributed by atoms with van der Waals surface area (Å²) >= 11 is 1.28. The number of ether oxygens (including phenoxy) is 1. The Morgan fingerprint density at radius 3 is 3.11 bits per heavy atom. The molecule has 100 valence electrons. The quantitative estimate of drug-likeness (QED) is 0.861. The Kier molecular flexibility index (Phi) is 4.48. The number of hydrogen-bond donors (Lipinski definition) is 2. The fourth-order valence-corrected chi connectivity index (χ4v) is 2.63. The van der Waals surface area contributed by atoms with Crippen LogP contribution in [0.4, 0.5) is 5.13 Å². The van der Waals surface area contributed by atoms with Gasteiger partial charge in [0.05, 0.1) is 6.10 Å². The van der Waals surface area contributed by atoms with Crippen LogP contribution in [0.2, 0.25) is 0 Å². The van der Waals surface area contributed by atoms with Crippen LogP contribution >= 0.6 is 11.3 Å². The van der Waals surface area contributed by atoms with Gasteiger partial charge in [-0.05, 0) is 26.7 Å². The molecule has 1 aromatic heterocycles. The Bertz CT molecular complexity index is 410. The van der Waals surface area contributed by atoms with Crippen LogP contribution in [-0.2, 0) is 4.74 Å². The summed E-state index contributed by atoms with van der Waals surface area (Å²) in [7, 11) is 0. The van der Waals surface area contributed by atoms with Crippen molar-refractivity contribution in [3.63, 3.8) is 0 Å². The first-order valence-corrected chi connectivity index (χ1v) is 7.00. The molecule has 0 radical (unpaired) electrons. The third kappa shape index (κ3) is 3.39. The van der Waals surface area contributed by atoms with Gasteiger partial charge in [0.25, 0.3) is 5.91 Å². The fraction of sp³-hybridized carbons (Fsp3) is 0.727. The van der Waals surface area contributed by atoms with Crippen molar-refractivity contribution in [2.24, 2.45) is 0 Å². The molecule has 2 unspecified atom stereocenters. The minimum Gasteiger partial charge on any atom is -0.378 e. The van der Waals surface area contributed by atoms with Gasteiger partial charge in [0.15, 0.2) is 0 Å². The smallest absolute Gasteiger partial charge is 0.282 e. The second-order valence-corrected chi connectivity index (χ2v) is 5.30. The number of nitrogens with zero attached hydrogens (tertiary/aromatic N) is 2. The van der Waals surface area contributed by atoms with Crippen molar-refractivity contribution in [1.82, 2.24) is 15.5 Å². The number of nitrogens with one attached hydrogen (secondary N) is 2. The predicted molar refractivity (Wildman–Crippen MR) is 70.0 cm³/mol. The highest BCUT2D eigenvalue weighted by atomic mass is 32.1. The van der Waals surface area contributed by atoms with E-state index in [-0.39, 0.29) is 18.1 Å². The van der Waals surface area contributed by atoms with Gasteiger partial charge >= 0.3 is 0 Å². The van der Waals surface area contributed by atoms with Crippen molar-refractivity contribution in [1.29, 1.82) is 0 Å². The molecule has 0 bridgehead atoms.